The Kier molecular flexibility index (Phi) is 5.58. The molecule has 0 saturated carbocycles. The van der Waals surface area contributed by atoms with Gasteiger partial charge in [0, 0.05) is 16.7 Å². The maximum Gasteiger partial charge on any atom is 0.226 e. The van der Waals surface area contributed by atoms with Crippen LogP contribution in [0.4, 0.5) is 4.39 Å². The van der Waals surface area contributed by atoms with Crippen LogP contribution in [-0.2, 0) is 16.8 Å². The normalized spacial score (nSPS) is 13.2. The molecule has 3 aromatic rings. The van der Waals surface area contributed by atoms with E-state index < -0.39 is 5.60 Å². The maximum atomic E-state index is 13.0. The van der Waals surface area contributed by atoms with Gasteiger partial charge in [0.25, 0.3) is 0 Å². The lowest BCUT2D eigenvalue weighted by atomic mass is 9.96. The molecule has 0 radical (unpaired) electrons. The number of carbonyl (C=O) groups is 1. The van der Waals surface area contributed by atoms with E-state index in [1.807, 2.05) is 0 Å². The molecule has 1 heterocycles. The van der Waals surface area contributed by atoms with E-state index in [0.29, 0.717) is 22.0 Å². The molecule has 1 aromatic heterocycles. The van der Waals surface area contributed by atoms with Gasteiger partial charge in [-0.25, -0.2) is 4.39 Å². The highest BCUT2D eigenvalue weighted by atomic mass is 35.5. The Morgan fingerprint density at radius 2 is 1.89 bits per heavy atom. The number of hydrogen-bond acceptors (Lipinski definition) is 4. The molecule has 0 bridgehead atoms. The minimum absolute atomic E-state index is 0.0105. The molecule has 0 saturated heterocycles. The first-order chi connectivity index (χ1) is 12.8. The molecule has 0 aliphatic heterocycles. The van der Waals surface area contributed by atoms with E-state index in [1.54, 1.807) is 37.3 Å². The van der Waals surface area contributed by atoms with Gasteiger partial charge >= 0.3 is 0 Å². The molecule has 0 spiro atoms. The first-order valence-corrected chi connectivity index (χ1v) is 8.68. The molecule has 7 heteroatoms. The fraction of sp³-hybridized carbons (Fsp3) is 0.200. The van der Waals surface area contributed by atoms with E-state index in [2.05, 4.69) is 10.5 Å². The molecule has 2 aromatic carbocycles. The third kappa shape index (κ3) is 4.93. The molecule has 3 rings (SSSR count). The molecule has 0 aliphatic rings. The smallest absolute Gasteiger partial charge is 0.226 e. The van der Waals surface area contributed by atoms with E-state index in [4.69, 9.17) is 16.1 Å². The molecule has 27 heavy (non-hydrogen) atoms. The van der Waals surface area contributed by atoms with Crippen molar-refractivity contribution >= 4 is 17.5 Å². The number of amides is 1. The van der Waals surface area contributed by atoms with Gasteiger partial charge in [-0.1, -0.05) is 28.9 Å². The zero-order valence-electron chi connectivity index (χ0n) is 14.6. The summed E-state index contributed by atoms with van der Waals surface area (Å²) in [6.45, 7) is 1.54. The van der Waals surface area contributed by atoms with Crippen LogP contribution in [0.3, 0.4) is 0 Å². The van der Waals surface area contributed by atoms with E-state index in [0.717, 1.165) is 5.56 Å². The summed E-state index contributed by atoms with van der Waals surface area (Å²) in [6, 6.07) is 14.3. The summed E-state index contributed by atoms with van der Waals surface area (Å²) in [5, 5.41) is 17.7. The predicted molar refractivity (Wildman–Crippen MR) is 99.6 cm³/mol. The predicted octanol–water partition coefficient (Wildman–Crippen LogP) is 3.70. The second-order valence-corrected chi connectivity index (χ2v) is 6.86. The minimum Gasteiger partial charge on any atom is -0.384 e. The standard InChI is InChI=1S/C20H18ClFN2O3/c1-20(26,14-4-8-16(22)9-5-14)12-23-19(25)11-17-10-18(27-24-17)13-2-6-15(21)7-3-13/h2-10,26H,11-12H2,1H3,(H,23,25). The van der Waals surface area contributed by atoms with Crippen LogP contribution >= 0.6 is 11.6 Å². The van der Waals surface area contributed by atoms with Crippen molar-refractivity contribution in [2.75, 3.05) is 6.54 Å². The number of nitrogens with zero attached hydrogens (tertiary/aromatic N) is 1. The van der Waals surface area contributed by atoms with Crippen LogP contribution in [0.15, 0.2) is 59.1 Å². The summed E-state index contributed by atoms with van der Waals surface area (Å²) in [7, 11) is 0. The summed E-state index contributed by atoms with van der Waals surface area (Å²) < 4.78 is 18.3. The van der Waals surface area contributed by atoms with Crippen LogP contribution < -0.4 is 5.32 Å². The number of aliphatic hydroxyl groups is 1. The Morgan fingerprint density at radius 1 is 1.22 bits per heavy atom. The highest BCUT2D eigenvalue weighted by molar-refractivity contribution is 6.30. The first kappa shape index (κ1) is 19.1. The van der Waals surface area contributed by atoms with Gasteiger partial charge in [0.1, 0.15) is 11.4 Å². The van der Waals surface area contributed by atoms with Crippen LogP contribution in [0.2, 0.25) is 5.02 Å². The van der Waals surface area contributed by atoms with Gasteiger partial charge in [-0.3, -0.25) is 4.79 Å². The number of nitrogens with one attached hydrogen (secondary N) is 1. The first-order valence-electron chi connectivity index (χ1n) is 8.30. The summed E-state index contributed by atoms with van der Waals surface area (Å²) in [5.41, 5.74) is 0.467. The Labute approximate surface area is 160 Å². The van der Waals surface area contributed by atoms with Gasteiger partial charge in [-0.05, 0) is 48.9 Å². The summed E-state index contributed by atoms with van der Waals surface area (Å²) in [6.07, 6.45) is 0.0105. The third-order valence-corrected chi connectivity index (χ3v) is 4.38. The molecule has 1 atom stereocenters. The molecule has 5 nitrogen and oxygen atoms in total. The maximum absolute atomic E-state index is 13.0. The van der Waals surface area contributed by atoms with Crippen molar-refractivity contribution in [3.8, 4) is 11.3 Å². The van der Waals surface area contributed by atoms with E-state index >= 15 is 0 Å². The summed E-state index contributed by atoms with van der Waals surface area (Å²) >= 11 is 5.86. The van der Waals surface area contributed by atoms with Crippen molar-refractivity contribution < 1.29 is 18.8 Å². The Balaban J connectivity index is 1.58. The number of rotatable bonds is 6. The van der Waals surface area contributed by atoms with Crippen LogP contribution in [0.1, 0.15) is 18.2 Å². The van der Waals surface area contributed by atoms with Crippen molar-refractivity contribution in [3.05, 3.63) is 76.7 Å². The second-order valence-electron chi connectivity index (χ2n) is 6.42. The van der Waals surface area contributed by atoms with Crippen molar-refractivity contribution in [2.45, 2.75) is 18.9 Å². The minimum atomic E-state index is -1.32. The number of benzene rings is 2. The molecule has 1 amide bonds. The summed E-state index contributed by atoms with van der Waals surface area (Å²) in [5.74, 6) is -0.165. The zero-order chi connectivity index (χ0) is 19.4. The van der Waals surface area contributed by atoms with Crippen molar-refractivity contribution in [2.24, 2.45) is 0 Å². The highest BCUT2D eigenvalue weighted by Gasteiger charge is 2.24. The van der Waals surface area contributed by atoms with Crippen molar-refractivity contribution in [3.63, 3.8) is 0 Å². The Morgan fingerprint density at radius 3 is 2.56 bits per heavy atom. The largest absolute Gasteiger partial charge is 0.384 e. The van der Waals surface area contributed by atoms with Crippen LogP contribution in [0.25, 0.3) is 11.3 Å². The second kappa shape index (κ2) is 7.90. The molecule has 1 unspecified atom stereocenters. The highest BCUT2D eigenvalue weighted by Crippen LogP contribution is 2.23. The third-order valence-electron chi connectivity index (χ3n) is 4.13. The fourth-order valence-electron chi connectivity index (χ4n) is 2.55. The van der Waals surface area contributed by atoms with E-state index in [-0.39, 0.29) is 24.7 Å². The SMILES string of the molecule is CC(O)(CNC(=O)Cc1cc(-c2ccc(Cl)cc2)on1)c1ccc(F)cc1. The zero-order valence-corrected chi connectivity index (χ0v) is 15.3. The Hall–Kier alpha value is -2.70. The molecule has 0 aliphatic carbocycles. The van der Waals surface area contributed by atoms with Gasteiger partial charge < -0.3 is 14.9 Å². The average Bonchev–Trinajstić information content (AvgIpc) is 3.09. The molecule has 0 fully saturated rings. The topological polar surface area (TPSA) is 75.4 Å². The number of carbonyl (C=O) groups excluding carboxylic acids is 1. The number of halogens is 2. The van der Waals surface area contributed by atoms with Gasteiger partial charge in [-0.15, -0.1) is 0 Å². The van der Waals surface area contributed by atoms with Crippen molar-refractivity contribution in [1.29, 1.82) is 0 Å². The monoisotopic (exact) mass is 388 g/mol. The molecular weight excluding hydrogens is 371 g/mol. The molecular formula is C20H18ClFN2O3. The molecule has 140 valence electrons. The lowest BCUT2D eigenvalue weighted by Gasteiger charge is -2.24. The average molecular weight is 389 g/mol. The van der Waals surface area contributed by atoms with Crippen LogP contribution in [-0.4, -0.2) is 22.7 Å². The van der Waals surface area contributed by atoms with Crippen LogP contribution in [0.5, 0.6) is 0 Å². The lowest BCUT2D eigenvalue weighted by molar-refractivity contribution is -0.121. The van der Waals surface area contributed by atoms with Gasteiger partial charge in [0.05, 0.1) is 18.7 Å². The van der Waals surface area contributed by atoms with Gasteiger partial charge in [-0.2, -0.15) is 0 Å². The fourth-order valence-corrected chi connectivity index (χ4v) is 2.68. The van der Waals surface area contributed by atoms with E-state index in [1.165, 1.54) is 24.3 Å². The van der Waals surface area contributed by atoms with Crippen LogP contribution in [0, 0.1) is 5.82 Å². The lowest BCUT2D eigenvalue weighted by Crippen LogP contribution is -2.39. The van der Waals surface area contributed by atoms with Gasteiger partial charge in [0.2, 0.25) is 5.91 Å². The number of aromatic nitrogens is 1. The quantitative estimate of drug-likeness (QED) is 0.675. The summed E-state index contributed by atoms with van der Waals surface area (Å²) in [4.78, 5) is 12.2. The van der Waals surface area contributed by atoms with Gasteiger partial charge in [0.15, 0.2) is 5.76 Å². The van der Waals surface area contributed by atoms with Crippen molar-refractivity contribution in [1.82, 2.24) is 10.5 Å². The molecule has 2 N–H and O–H groups in total. The Bertz CT molecular complexity index is 921. The number of hydrogen-bond donors (Lipinski definition) is 2. The van der Waals surface area contributed by atoms with E-state index in [9.17, 15) is 14.3 Å².